The van der Waals surface area contributed by atoms with Gasteiger partial charge in [0.2, 0.25) is 0 Å². The molecule has 6 nitrogen and oxygen atoms in total. The van der Waals surface area contributed by atoms with Crippen LogP contribution in [0.2, 0.25) is 0 Å². The predicted octanol–water partition coefficient (Wildman–Crippen LogP) is 5.28. The summed E-state index contributed by atoms with van der Waals surface area (Å²) in [7, 11) is 0. The number of hydrogen-bond acceptors (Lipinski definition) is 4. The van der Waals surface area contributed by atoms with Crippen LogP contribution in [0.3, 0.4) is 0 Å². The summed E-state index contributed by atoms with van der Waals surface area (Å²) in [6.45, 7) is 2.60. The Morgan fingerprint density at radius 2 is 1.61 bits per heavy atom. The molecule has 23 heavy (non-hydrogen) atoms. The van der Waals surface area contributed by atoms with Crippen molar-refractivity contribution in [3.63, 3.8) is 0 Å². The molecule has 0 spiro atoms. The second-order valence-corrected chi connectivity index (χ2v) is 5.54. The van der Waals surface area contributed by atoms with Gasteiger partial charge in [-0.2, -0.15) is 0 Å². The number of carbonyl (C=O) groups is 1. The van der Waals surface area contributed by atoms with Crippen molar-refractivity contribution in [1.29, 1.82) is 0 Å². The fourth-order valence-corrected chi connectivity index (χ4v) is 2.22. The lowest BCUT2D eigenvalue weighted by molar-refractivity contribution is -0.384. The van der Waals surface area contributed by atoms with Crippen LogP contribution >= 0.6 is 0 Å². The zero-order valence-electron chi connectivity index (χ0n) is 13.8. The SMILES string of the molecule is CCCCCCCCCCOC(=O)Nc1ccc([N+](=O)[O-])cc1. The van der Waals surface area contributed by atoms with E-state index in [1.165, 1.54) is 62.8 Å². The number of nitro groups is 1. The van der Waals surface area contributed by atoms with E-state index in [0.29, 0.717) is 12.3 Å². The zero-order chi connectivity index (χ0) is 16.9. The molecule has 1 N–H and O–H groups in total. The van der Waals surface area contributed by atoms with E-state index in [0.717, 1.165) is 12.8 Å². The van der Waals surface area contributed by atoms with Crippen LogP contribution in [0.5, 0.6) is 0 Å². The Morgan fingerprint density at radius 3 is 2.17 bits per heavy atom. The molecule has 1 amide bonds. The Morgan fingerprint density at radius 1 is 1.04 bits per heavy atom. The molecule has 0 bridgehead atoms. The van der Waals surface area contributed by atoms with E-state index in [1.807, 2.05) is 0 Å². The molecule has 0 fully saturated rings. The summed E-state index contributed by atoms with van der Waals surface area (Å²) in [6.07, 6.45) is 9.00. The van der Waals surface area contributed by atoms with Gasteiger partial charge in [-0.25, -0.2) is 4.79 Å². The van der Waals surface area contributed by atoms with Crippen LogP contribution in [-0.4, -0.2) is 17.6 Å². The number of anilines is 1. The van der Waals surface area contributed by atoms with E-state index in [4.69, 9.17) is 4.74 Å². The predicted molar refractivity (Wildman–Crippen MR) is 90.7 cm³/mol. The molecule has 0 aliphatic heterocycles. The molecule has 0 radical (unpaired) electrons. The Kier molecular flexibility index (Phi) is 9.43. The van der Waals surface area contributed by atoms with Crippen molar-refractivity contribution < 1.29 is 14.5 Å². The lowest BCUT2D eigenvalue weighted by Gasteiger charge is -2.07. The lowest BCUT2D eigenvalue weighted by Crippen LogP contribution is -2.14. The quantitative estimate of drug-likeness (QED) is 0.341. The van der Waals surface area contributed by atoms with Crippen LogP contribution in [-0.2, 0) is 4.74 Å². The van der Waals surface area contributed by atoms with Crippen molar-refractivity contribution in [2.75, 3.05) is 11.9 Å². The second kappa shape index (κ2) is 11.5. The van der Waals surface area contributed by atoms with Crippen molar-refractivity contribution >= 4 is 17.5 Å². The number of rotatable bonds is 11. The van der Waals surface area contributed by atoms with Gasteiger partial charge >= 0.3 is 6.09 Å². The number of non-ortho nitro benzene ring substituents is 1. The number of nitrogens with zero attached hydrogens (tertiary/aromatic N) is 1. The number of nitrogens with one attached hydrogen (secondary N) is 1. The summed E-state index contributed by atoms with van der Waals surface area (Å²) in [5, 5.41) is 13.1. The molecular formula is C17H26N2O4. The Bertz CT molecular complexity index is 474. The largest absolute Gasteiger partial charge is 0.449 e. The summed E-state index contributed by atoms with van der Waals surface area (Å²) >= 11 is 0. The van der Waals surface area contributed by atoms with E-state index in [-0.39, 0.29) is 5.69 Å². The van der Waals surface area contributed by atoms with Crippen LogP contribution < -0.4 is 5.32 Å². The summed E-state index contributed by atoms with van der Waals surface area (Å²) in [6, 6.07) is 5.65. The summed E-state index contributed by atoms with van der Waals surface area (Å²) < 4.78 is 5.08. The highest BCUT2D eigenvalue weighted by Gasteiger charge is 2.06. The van der Waals surface area contributed by atoms with Gasteiger partial charge in [-0.3, -0.25) is 15.4 Å². The first-order chi connectivity index (χ1) is 11.1. The topological polar surface area (TPSA) is 81.5 Å². The minimum Gasteiger partial charge on any atom is -0.449 e. The molecule has 1 aromatic carbocycles. The van der Waals surface area contributed by atoms with Crippen molar-refractivity contribution in [3.05, 3.63) is 34.4 Å². The molecule has 0 aromatic heterocycles. The number of hydrogen-bond donors (Lipinski definition) is 1. The highest BCUT2D eigenvalue weighted by atomic mass is 16.6. The molecule has 0 atom stereocenters. The van der Waals surface area contributed by atoms with Gasteiger partial charge < -0.3 is 4.74 Å². The number of unbranched alkanes of at least 4 members (excludes halogenated alkanes) is 7. The fourth-order valence-electron chi connectivity index (χ4n) is 2.22. The minimum atomic E-state index is -0.526. The summed E-state index contributed by atoms with van der Waals surface area (Å²) in [5.74, 6) is 0. The molecule has 0 aliphatic carbocycles. The standard InChI is InChI=1S/C17H26N2O4/c1-2-3-4-5-6-7-8-9-14-23-17(20)18-15-10-12-16(13-11-15)19(21)22/h10-13H,2-9,14H2,1H3,(H,18,20). The molecule has 1 rings (SSSR count). The molecule has 0 unspecified atom stereocenters. The monoisotopic (exact) mass is 322 g/mol. The van der Waals surface area contributed by atoms with Gasteiger partial charge in [0.05, 0.1) is 11.5 Å². The third-order valence-electron chi connectivity index (χ3n) is 3.56. The maximum Gasteiger partial charge on any atom is 0.411 e. The Hall–Kier alpha value is -2.11. The molecule has 128 valence electrons. The average Bonchev–Trinajstić information content (AvgIpc) is 2.54. The number of nitro benzene ring substituents is 1. The van der Waals surface area contributed by atoms with Crippen molar-refractivity contribution in [2.24, 2.45) is 0 Å². The van der Waals surface area contributed by atoms with Crippen molar-refractivity contribution in [2.45, 2.75) is 58.3 Å². The third-order valence-corrected chi connectivity index (χ3v) is 3.56. The summed E-state index contributed by atoms with van der Waals surface area (Å²) in [5.41, 5.74) is 0.472. The van der Waals surface area contributed by atoms with Crippen molar-refractivity contribution in [1.82, 2.24) is 0 Å². The molecule has 6 heteroatoms. The third kappa shape index (κ3) is 8.80. The van der Waals surface area contributed by atoms with Gasteiger partial charge in [0.15, 0.2) is 0 Å². The first kappa shape index (κ1) is 18.9. The highest BCUT2D eigenvalue weighted by Crippen LogP contribution is 2.15. The molecule has 0 saturated heterocycles. The molecular weight excluding hydrogens is 296 g/mol. The maximum atomic E-state index is 11.6. The zero-order valence-corrected chi connectivity index (χ0v) is 13.8. The molecule has 0 saturated carbocycles. The van der Waals surface area contributed by atoms with Gasteiger partial charge in [0.1, 0.15) is 0 Å². The van der Waals surface area contributed by atoms with Gasteiger partial charge in [0.25, 0.3) is 5.69 Å². The Balaban J connectivity index is 2.07. The smallest absolute Gasteiger partial charge is 0.411 e. The van der Waals surface area contributed by atoms with Crippen LogP contribution in [0.25, 0.3) is 0 Å². The minimum absolute atomic E-state index is 0.0112. The molecule has 0 heterocycles. The number of ether oxygens (including phenoxy) is 1. The normalized spacial score (nSPS) is 10.3. The van der Waals surface area contributed by atoms with E-state index < -0.39 is 11.0 Å². The van der Waals surface area contributed by atoms with Gasteiger partial charge in [-0.05, 0) is 18.6 Å². The molecule has 1 aromatic rings. The van der Waals surface area contributed by atoms with Crippen LogP contribution in [0, 0.1) is 10.1 Å². The summed E-state index contributed by atoms with van der Waals surface area (Å²) in [4.78, 5) is 21.6. The van der Waals surface area contributed by atoms with Crippen LogP contribution in [0.4, 0.5) is 16.2 Å². The fraction of sp³-hybridized carbons (Fsp3) is 0.588. The van der Waals surface area contributed by atoms with Gasteiger partial charge in [0, 0.05) is 17.8 Å². The van der Waals surface area contributed by atoms with E-state index in [1.54, 1.807) is 0 Å². The number of amides is 1. The van der Waals surface area contributed by atoms with Crippen molar-refractivity contribution in [3.8, 4) is 0 Å². The lowest BCUT2D eigenvalue weighted by atomic mass is 10.1. The number of carbonyl (C=O) groups excluding carboxylic acids is 1. The Labute approximate surface area is 137 Å². The first-order valence-electron chi connectivity index (χ1n) is 8.31. The number of benzene rings is 1. The van der Waals surface area contributed by atoms with E-state index in [9.17, 15) is 14.9 Å². The van der Waals surface area contributed by atoms with Gasteiger partial charge in [-0.1, -0.05) is 51.9 Å². The van der Waals surface area contributed by atoms with Gasteiger partial charge in [-0.15, -0.1) is 0 Å². The van der Waals surface area contributed by atoms with E-state index >= 15 is 0 Å². The average molecular weight is 322 g/mol. The highest BCUT2D eigenvalue weighted by molar-refractivity contribution is 5.84. The van der Waals surface area contributed by atoms with Crippen LogP contribution in [0.1, 0.15) is 58.3 Å². The van der Waals surface area contributed by atoms with E-state index in [2.05, 4.69) is 12.2 Å². The maximum absolute atomic E-state index is 11.6. The van der Waals surface area contributed by atoms with Crippen LogP contribution in [0.15, 0.2) is 24.3 Å². The molecule has 0 aliphatic rings. The first-order valence-corrected chi connectivity index (χ1v) is 8.31. The second-order valence-electron chi connectivity index (χ2n) is 5.54.